The maximum absolute atomic E-state index is 12.9. The Kier molecular flexibility index (Phi) is 6.35. The van der Waals surface area contributed by atoms with Gasteiger partial charge in [-0.25, -0.2) is 5.43 Å². The third kappa shape index (κ3) is 4.56. The molecule has 0 unspecified atom stereocenters. The topological polar surface area (TPSA) is 83.7 Å². The molecular weight excluding hydrogens is 449 g/mol. The number of anilines is 1. The van der Waals surface area contributed by atoms with Gasteiger partial charge in [-0.05, 0) is 57.0 Å². The lowest BCUT2D eigenvalue weighted by Gasteiger charge is -2.13. The van der Waals surface area contributed by atoms with Crippen LogP contribution >= 0.6 is 23.2 Å². The summed E-state index contributed by atoms with van der Waals surface area (Å²) < 4.78 is 5.89. The maximum Gasteiger partial charge on any atom is 0.291 e. The summed E-state index contributed by atoms with van der Waals surface area (Å²) in [6.07, 6.45) is 2.17. The van der Waals surface area contributed by atoms with Crippen LogP contribution in [0.4, 0.5) is 5.69 Å². The minimum absolute atomic E-state index is 0.195. The van der Waals surface area contributed by atoms with Crippen LogP contribution in [-0.4, -0.2) is 17.5 Å². The molecule has 0 saturated heterocycles. The lowest BCUT2D eigenvalue weighted by molar-refractivity contribution is 0.0953. The van der Waals surface area contributed by atoms with Gasteiger partial charge in [0.05, 0.1) is 16.4 Å². The highest BCUT2D eigenvalue weighted by atomic mass is 35.5. The molecule has 0 aliphatic heterocycles. The van der Waals surface area contributed by atoms with Crippen LogP contribution in [0.3, 0.4) is 0 Å². The second kappa shape index (κ2) is 9.18. The predicted octanol–water partition coefficient (Wildman–Crippen LogP) is 5.93. The fourth-order valence-corrected chi connectivity index (χ4v) is 4.11. The van der Waals surface area contributed by atoms with Crippen molar-refractivity contribution in [2.24, 2.45) is 5.10 Å². The monoisotopic (exact) mass is 469 g/mol. The first kappa shape index (κ1) is 22.1. The highest BCUT2D eigenvalue weighted by Gasteiger charge is 2.28. The average Bonchev–Trinajstić information content (AvgIpc) is 3.12. The molecule has 3 aromatic rings. The van der Waals surface area contributed by atoms with E-state index in [-0.39, 0.29) is 11.7 Å². The van der Waals surface area contributed by atoms with Crippen molar-refractivity contribution in [1.29, 1.82) is 0 Å². The fourth-order valence-electron chi connectivity index (χ4n) is 3.65. The predicted molar refractivity (Wildman–Crippen MR) is 126 cm³/mol. The van der Waals surface area contributed by atoms with E-state index >= 15 is 0 Å². The number of nitrogens with zero attached hydrogens (tertiary/aromatic N) is 1. The summed E-state index contributed by atoms with van der Waals surface area (Å²) >= 11 is 12.1. The number of carbonyl (C=O) groups is 2. The van der Waals surface area contributed by atoms with Crippen LogP contribution in [0.5, 0.6) is 0 Å². The molecule has 164 valence electrons. The van der Waals surface area contributed by atoms with Crippen LogP contribution in [0.1, 0.15) is 56.2 Å². The van der Waals surface area contributed by atoms with E-state index in [2.05, 4.69) is 15.8 Å². The largest absolute Gasteiger partial charge is 0.455 e. The SMILES string of the molecule is Cc1ccc(C(=O)N/N=C2\CCCc3oc(C(=O)Nc4ccc(Cl)cc4Cl)c(C)c32)cc1. The zero-order valence-corrected chi connectivity index (χ0v) is 19.1. The molecule has 0 spiro atoms. The summed E-state index contributed by atoms with van der Waals surface area (Å²) in [5, 5.41) is 7.93. The first-order chi connectivity index (χ1) is 15.3. The molecule has 0 radical (unpaired) electrons. The number of hydrogen-bond acceptors (Lipinski definition) is 4. The minimum atomic E-state index is -0.413. The Morgan fingerprint density at radius 1 is 1.00 bits per heavy atom. The number of benzene rings is 2. The van der Waals surface area contributed by atoms with E-state index in [1.54, 1.807) is 30.3 Å². The Bertz CT molecular complexity index is 1230. The lowest BCUT2D eigenvalue weighted by Crippen LogP contribution is -2.22. The Hall–Kier alpha value is -3.09. The first-order valence-corrected chi connectivity index (χ1v) is 10.9. The number of amides is 2. The van der Waals surface area contributed by atoms with Gasteiger partial charge in [0.2, 0.25) is 0 Å². The Labute approximate surface area is 195 Å². The minimum Gasteiger partial charge on any atom is -0.455 e. The van der Waals surface area contributed by atoms with E-state index in [0.29, 0.717) is 51.2 Å². The van der Waals surface area contributed by atoms with Gasteiger partial charge in [0.25, 0.3) is 11.8 Å². The molecular formula is C24H21Cl2N3O3. The summed E-state index contributed by atoms with van der Waals surface area (Å²) in [7, 11) is 0. The van der Waals surface area contributed by atoms with Crippen LogP contribution in [-0.2, 0) is 6.42 Å². The van der Waals surface area contributed by atoms with Gasteiger partial charge < -0.3 is 9.73 Å². The molecule has 6 nitrogen and oxygen atoms in total. The van der Waals surface area contributed by atoms with Gasteiger partial charge in [0.15, 0.2) is 5.76 Å². The molecule has 0 bridgehead atoms. The maximum atomic E-state index is 12.9. The Morgan fingerprint density at radius 3 is 2.47 bits per heavy atom. The summed E-state index contributed by atoms with van der Waals surface area (Å²) in [4.78, 5) is 25.3. The van der Waals surface area contributed by atoms with Crippen LogP contribution in [0.25, 0.3) is 0 Å². The molecule has 2 aromatic carbocycles. The van der Waals surface area contributed by atoms with Gasteiger partial charge in [0, 0.05) is 28.1 Å². The number of hydrazone groups is 1. The number of carbonyl (C=O) groups excluding carboxylic acids is 2. The summed E-state index contributed by atoms with van der Waals surface area (Å²) in [5.74, 6) is 0.176. The van der Waals surface area contributed by atoms with Crippen molar-refractivity contribution in [2.75, 3.05) is 5.32 Å². The van der Waals surface area contributed by atoms with E-state index in [4.69, 9.17) is 27.6 Å². The standard InChI is InChI=1S/C24H21Cl2N3O3/c1-13-6-8-15(9-7-13)23(30)29-28-19-4-3-5-20-21(19)14(2)22(32-20)24(31)27-18-11-10-16(25)12-17(18)26/h6-12H,3-5H2,1-2H3,(H,27,31)(H,29,30)/b28-19+. The highest BCUT2D eigenvalue weighted by molar-refractivity contribution is 6.36. The number of nitrogens with one attached hydrogen (secondary N) is 2. The second-order valence-electron chi connectivity index (χ2n) is 7.65. The molecule has 4 rings (SSSR count). The zero-order valence-electron chi connectivity index (χ0n) is 17.6. The van der Waals surface area contributed by atoms with Crippen LogP contribution in [0, 0.1) is 13.8 Å². The van der Waals surface area contributed by atoms with Gasteiger partial charge in [-0.2, -0.15) is 5.10 Å². The van der Waals surface area contributed by atoms with Gasteiger partial charge in [-0.1, -0.05) is 40.9 Å². The van der Waals surface area contributed by atoms with E-state index < -0.39 is 5.91 Å². The number of furan rings is 1. The van der Waals surface area contributed by atoms with E-state index in [1.165, 1.54) is 0 Å². The normalized spacial score (nSPS) is 14.2. The van der Waals surface area contributed by atoms with Crippen molar-refractivity contribution in [3.05, 3.63) is 86.3 Å². The summed E-state index contributed by atoms with van der Waals surface area (Å²) in [6.45, 7) is 3.77. The number of hydrogen-bond donors (Lipinski definition) is 2. The van der Waals surface area contributed by atoms with E-state index in [1.807, 2.05) is 26.0 Å². The Morgan fingerprint density at radius 2 is 1.75 bits per heavy atom. The van der Waals surface area contributed by atoms with Gasteiger partial charge in [-0.3, -0.25) is 9.59 Å². The average molecular weight is 470 g/mol. The third-order valence-corrected chi connectivity index (χ3v) is 5.87. The molecule has 1 heterocycles. The van der Waals surface area contributed by atoms with Crippen molar-refractivity contribution >= 4 is 46.4 Å². The molecule has 0 fully saturated rings. The molecule has 1 aliphatic carbocycles. The summed E-state index contributed by atoms with van der Waals surface area (Å²) in [6, 6.07) is 12.1. The lowest BCUT2D eigenvalue weighted by atomic mass is 9.93. The fraction of sp³-hybridized carbons (Fsp3) is 0.208. The number of halogens is 2. The molecule has 0 atom stereocenters. The number of aryl methyl sites for hydroxylation is 2. The van der Waals surface area contributed by atoms with E-state index in [9.17, 15) is 9.59 Å². The van der Waals surface area contributed by atoms with E-state index in [0.717, 1.165) is 17.5 Å². The van der Waals surface area contributed by atoms with Crippen molar-refractivity contribution in [1.82, 2.24) is 5.43 Å². The van der Waals surface area contributed by atoms with Crippen molar-refractivity contribution in [3.8, 4) is 0 Å². The molecule has 32 heavy (non-hydrogen) atoms. The van der Waals surface area contributed by atoms with Crippen LogP contribution in [0.2, 0.25) is 10.0 Å². The van der Waals surface area contributed by atoms with Crippen molar-refractivity contribution in [3.63, 3.8) is 0 Å². The molecule has 1 aromatic heterocycles. The molecule has 1 aliphatic rings. The van der Waals surface area contributed by atoms with Crippen LogP contribution < -0.4 is 10.7 Å². The molecule has 2 amide bonds. The van der Waals surface area contributed by atoms with Crippen molar-refractivity contribution < 1.29 is 14.0 Å². The number of rotatable bonds is 4. The third-order valence-electron chi connectivity index (χ3n) is 5.32. The van der Waals surface area contributed by atoms with Crippen molar-refractivity contribution in [2.45, 2.75) is 33.1 Å². The first-order valence-electron chi connectivity index (χ1n) is 10.2. The Balaban J connectivity index is 1.57. The smallest absolute Gasteiger partial charge is 0.291 e. The van der Waals surface area contributed by atoms with Gasteiger partial charge in [0.1, 0.15) is 5.76 Å². The van der Waals surface area contributed by atoms with Crippen LogP contribution in [0.15, 0.2) is 52.0 Å². The quantitative estimate of drug-likeness (QED) is 0.464. The van der Waals surface area contributed by atoms with Gasteiger partial charge in [-0.15, -0.1) is 0 Å². The summed E-state index contributed by atoms with van der Waals surface area (Å²) in [5.41, 5.74) is 6.80. The molecule has 2 N–H and O–H groups in total. The second-order valence-corrected chi connectivity index (χ2v) is 8.50. The molecule has 0 saturated carbocycles. The zero-order chi connectivity index (χ0) is 22.8. The number of fused-ring (bicyclic) bond motifs is 1. The molecule has 8 heteroatoms. The highest BCUT2D eigenvalue weighted by Crippen LogP contribution is 2.31. The van der Waals surface area contributed by atoms with Gasteiger partial charge >= 0.3 is 0 Å².